The summed E-state index contributed by atoms with van der Waals surface area (Å²) in [4.78, 5) is 24.3. The molecule has 22 heavy (non-hydrogen) atoms. The summed E-state index contributed by atoms with van der Waals surface area (Å²) in [6, 6.07) is 6.47. The van der Waals surface area contributed by atoms with Crippen molar-refractivity contribution in [1.29, 1.82) is 0 Å². The molecule has 1 aromatic rings. The lowest BCUT2D eigenvalue weighted by Crippen LogP contribution is -2.35. The van der Waals surface area contributed by atoms with Crippen molar-refractivity contribution in [2.45, 2.75) is 50.5 Å². The predicted octanol–water partition coefficient (Wildman–Crippen LogP) is 2.73. The number of fused-ring (bicyclic) bond motifs is 1. The number of ether oxygens (including phenoxy) is 1. The van der Waals surface area contributed by atoms with Crippen LogP contribution in [0.1, 0.15) is 37.8 Å². The van der Waals surface area contributed by atoms with Crippen LogP contribution in [-0.4, -0.2) is 30.3 Å². The minimum absolute atomic E-state index is 0.104. The first-order valence-electron chi connectivity index (χ1n) is 7.78. The van der Waals surface area contributed by atoms with Crippen LogP contribution >= 0.6 is 11.8 Å². The lowest BCUT2D eigenvalue weighted by Gasteiger charge is -2.11. The smallest absolute Gasteiger partial charge is 0.316 e. The number of carbonyl (C=O) groups is 2. The van der Waals surface area contributed by atoms with Crippen molar-refractivity contribution in [3.05, 3.63) is 29.3 Å². The molecular weight excluding hydrogens is 298 g/mol. The van der Waals surface area contributed by atoms with Gasteiger partial charge in [0.05, 0.1) is 5.75 Å². The van der Waals surface area contributed by atoms with Gasteiger partial charge in [0.2, 0.25) is 0 Å². The molecule has 0 aliphatic heterocycles. The van der Waals surface area contributed by atoms with E-state index in [2.05, 4.69) is 23.5 Å². The fourth-order valence-corrected chi connectivity index (χ4v) is 3.14. The van der Waals surface area contributed by atoms with Crippen molar-refractivity contribution in [3.8, 4) is 0 Å². The third kappa shape index (κ3) is 5.05. The molecule has 5 heteroatoms. The minimum Gasteiger partial charge on any atom is -0.455 e. The molecule has 1 unspecified atom stereocenters. The number of aryl methyl sites for hydroxylation is 2. The van der Waals surface area contributed by atoms with Gasteiger partial charge >= 0.3 is 5.97 Å². The average molecular weight is 321 g/mol. The number of rotatable bonds is 7. The molecule has 0 spiro atoms. The van der Waals surface area contributed by atoms with E-state index < -0.39 is 0 Å². The zero-order valence-electron chi connectivity index (χ0n) is 13.2. The standard InChI is InChI=1S/C17H23NO3S/c1-3-12(2)18-16(19)10-21-17(20)11-22-15-8-7-13-5-4-6-14(13)9-15/h7-9,12H,3-6,10-11H2,1-2H3,(H,18,19). The number of hydrogen-bond acceptors (Lipinski definition) is 4. The van der Waals surface area contributed by atoms with Gasteiger partial charge in [0, 0.05) is 10.9 Å². The molecule has 0 heterocycles. The summed E-state index contributed by atoms with van der Waals surface area (Å²) < 4.78 is 4.99. The molecule has 1 amide bonds. The van der Waals surface area contributed by atoms with Crippen LogP contribution in [0, 0.1) is 0 Å². The van der Waals surface area contributed by atoms with Gasteiger partial charge < -0.3 is 10.1 Å². The van der Waals surface area contributed by atoms with Crippen LogP contribution in [0.3, 0.4) is 0 Å². The molecular formula is C17H23NO3S. The summed E-state index contributed by atoms with van der Waals surface area (Å²) >= 11 is 1.46. The Morgan fingerprint density at radius 3 is 2.86 bits per heavy atom. The van der Waals surface area contributed by atoms with Crippen molar-refractivity contribution in [2.24, 2.45) is 0 Å². The highest BCUT2D eigenvalue weighted by Crippen LogP contribution is 2.27. The quantitative estimate of drug-likeness (QED) is 0.620. The number of thioether (sulfide) groups is 1. The lowest BCUT2D eigenvalue weighted by molar-refractivity contribution is -0.146. The SMILES string of the molecule is CCC(C)NC(=O)COC(=O)CSc1ccc2c(c1)CCC2. The molecule has 1 aromatic carbocycles. The van der Waals surface area contributed by atoms with Crippen LogP contribution < -0.4 is 5.32 Å². The lowest BCUT2D eigenvalue weighted by atomic mass is 10.1. The van der Waals surface area contributed by atoms with E-state index in [0.29, 0.717) is 0 Å². The Morgan fingerprint density at radius 1 is 1.32 bits per heavy atom. The molecule has 1 N–H and O–H groups in total. The third-order valence-electron chi connectivity index (χ3n) is 3.81. The van der Waals surface area contributed by atoms with Crippen LogP contribution in [0.4, 0.5) is 0 Å². The molecule has 1 aliphatic rings. The van der Waals surface area contributed by atoms with E-state index in [4.69, 9.17) is 4.74 Å². The maximum atomic E-state index is 11.7. The monoisotopic (exact) mass is 321 g/mol. The van der Waals surface area contributed by atoms with E-state index in [1.165, 1.54) is 29.3 Å². The maximum absolute atomic E-state index is 11.7. The van der Waals surface area contributed by atoms with E-state index in [1.807, 2.05) is 13.8 Å². The Balaban J connectivity index is 1.70. The first-order chi connectivity index (χ1) is 10.6. The van der Waals surface area contributed by atoms with E-state index in [9.17, 15) is 9.59 Å². The van der Waals surface area contributed by atoms with Gasteiger partial charge in [0.1, 0.15) is 0 Å². The first kappa shape index (κ1) is 16.9. The second-order valence-corrected chi connectivity index (χ2v) is 6.66. The zero-order chi connectivity index (χ0) is 15.9. The molecule has 0 radical (unpaired) electrons. The number of amides is 1. The van der Waals surface area contributed by atoms with Crippen molar-refractivity contribution in [1.82, 2.24) is 5.32 Å². The molecule has 1 aliphatic carbocycles. The molecule has 0 aromatic heterocycles. The Hall–Kier alpha value is -1.49. The van der Waals surface area contributed by atoms with Gasteiger partial charge in [0.15, 0.2) is 6.61 Å². The van der Waals surface area contributed by atoms with E-state index in [-0.39, 0.29) is 30.3 Å². The van der Waals surface area contributed by atoms with Gasteiger partial charge in [0.25, 0.3) is 5.91 Å². The van der Waals surface area contributed by atoms with Crippen LogP contribution in [0.5, 0.6) is 0 Å². The number of esters is 1. The van der Waals surface area contributed by atoms with Crippen molar-refractivity contribution < 1.29 is 14.3 Å². The zero-order valence-corrected chi connectivity index (χ0v) is 14.0. The topological polar surface area (TPSA) is 55.4 Å². The van der Waals surface area contributed by atoms with Crippen LogP contribution in [0.2, 0.25) is 0 Å². The number of hydrogen-bond donors (Lipinski definition) is 1. The Kier molecular flexibility index (Phi) is 6.31. The number of benzene rings is 1. The molecule has 0 bridgehead atoms. The van der Waals surface area contributed by atoms with Crippen molar-refractivity contribution >= 4 is 23.6 Å². The maximum Gasteiger partial charge on any atom is 0.316 e. The molecule has 120 valence electrons. The molecule has 2 rings (SSSR count). The summed E-state index contributed by atoms with van der Waals surface area (Å²) in [5, 5.41) is 2.76. The number of carbonyl (C=O) groups excluding carboxylic acids is 2. The van der Waals surface area contributed by atoms with Gasteiger partial charge in [-0.15, -0.1) is 11.8 Å². The van der Waals surface area contributed by atoms with Gasteiger partial charge in [-0.1, -0.05) is 13.0 Å². The summed E-state index contributed by atoms with van der Waals surface area (Å²) in [5.41, 5.74) is 2.82. The second-order valence-electron chi connectivity index (χ2n) is 5.61. The Morgan fingerprint density at radius 2 is 2.09 bits per heavy atom. The third-order valence-corrected chi connectivity index (χ3v) is 4.78. The van der Waals surface area contributed by atoms with E-state index in [0.717, 1.165) is 24.2 Å². The summed E-state index contributed by atoms with van der Waals surface area (Å²) in [6.45, 7) is 3.71. The van der Waals surface area contributed by atoms with Gasteiger partial charge in [-0.25, -0.2) is 0 Å². The van der Waals surface area contributed by atoms with Crippen molar-refractivity contribution in [2.75, 3.05) is 12.4 Å². The molecule has 4 nitrogen and oxygen atoms in total. The van der Waals surface area contributed by atoms with Gasteiger partial charge in [-0.2, -0.15) is 0 Å². The van der Waals surface area contributed by atoms with Crippen LogP contribution in [0.25, 0.3) is 0 Å². The normalized spacial score (nSPS) is 14.3. The molecule has 0 saturated heterocycles. The largest absolute Gasteiger partial charge is 0.455 e. The number of nitrogens with one attached hydrogen (secondary N) is 1. The first-order valence-corrected chi connectivity index (χ1v) is 8.76. The van der Waals surface area contributed by atoms with E-state index >= 15 is 0 Å². The predicted molar refractivity (Wildman–Crippen MR) is 88.0 cm³/mol. The summed E-state index contributed by atoms with van der Waals surface area (Å²) in [5.74, 6) is -0.370. The Labute approximate surface area is 136 Å². The van der Waals surface area contributed by atoms with Gasteiger partial charge in [-0.3, -0.25) is 9.59 Å². The fourth-order valence-electron chi connectivity index (χ4n) is 2.39. The molecule has 0 fully saturated rings. The highest BCUT2D eigenvalue weighted by atomic mass is 32.2. The molecule has 0 saturated carbocycles. The second kappa shape index (κ2) is 8.22. The Bertz CT molecular complexity index is 545. The van der Waals surface area contributed by atoms with Crippen molar-refractivity contribution in [3.63, 3.8) is 0 Å². The summed E-state index contributed by atoms with van der Waals surface area (Å²) in [6.07, 6.45) is 4.36. The van der Waals surface area contributed by atoms with Crippen LogP contribution in [0.15, 0.2) is 23.1 Å². The minimum atomic E-state index is -0.357. The van der Waals surface area contributed by atoms with Crippen LogP contribution in [-0.2, 0) is 27.2 Å². The average Bonchev–Trinajstić information content (AvgIpc) is 2.98. The highest BCUT2D eigenvalue weighted by Gasteiger charge is 2.13. The highest BCUT2D eigenvalue weighted by molar-refractivity contribution is 8.00. The summed E-state index contributed by atoms with van der Waals surface area (Å²) in [7, 11) is 0. The molecule has 1 atom stereocenters. The fraction of sp³-hybridized carbons (Fsp3) is 0.529. The van der Waals surface area contributed by atoms with Gasteiger partial charge in [-0.05, 0) is 55.9 Å². The van der Waals surface area contributed by atoms with E-state index in [1.54, 1.807) is 0 Å².